The number of nitrogens with one attached hydrogen (secondary N) is 3. The zero-order chi connectivity index (χ0) is 28.3. The lowest BCUT2D eigenvalue weighted by Crippen LogP contribution is -2.70. The van der Waals surface area contributed by atoms with Gasteiger partial charge in [0.25, 0.3) is 5.92 Å². The van der Waals surface area contributed by atoms with Gasteiger partial charge in [0, 0.05) is 35.6 Å². The van der Waals surface area contributed by atoms with E-state index in [4.69, 9.17) is 11.6 Å². The first kappa shape index (κ1) is 29.1. The summed E-state index contributed by atoms with van der Waals surface area (Å²) < 4.78 is 30.3. The number of rotatable bonds is 9. The molecule has 4 aliphatic rings. The second-order valence-corrected chi connectivity index (χ2v) is 11.8. The number of fused-ring (bicyclic) bond motifs is 3. The number of alkyl halides is 2. The van der Waals surface area contributed by atoms with E-state index in [2.05, 4.69) is 16.0 Å². The van der Waals surface area contributed by atoms with Crippen LogP contribution in [-0.2, 0) is 14.4 Å². The third-order valence-corrected chi connectivity index (χ3v) is 8.26. The second-order valence-electron chi connectivity index (χ2n) is 11.4. The smallest absolute Gasteiger partial charge is 0.255 e. The molecule has 1 aliphatic carbocycles. The average Bonchev–Trinajstić information content (AvgIpc) is 2.87. The predicted octanol–water partition coefficient (Wildman–Crippen LogP) is 4.11. The Morgan fingerprint density at radius 3 is 2.69 bits per heavy atom. The van der Waals surface area contributed by atoms with Crippen LogP contribution in [0.3, 0.4) is 0 Å². The molecule has 11 heteroatoms. The van der Waals surface area contributed by atoms with E-state index in [1.54, 1.807) is 24.3 Å². The molecule has 0 spiro atoms. The lowest BCUT2D eigenvalue weighted by atomic mass is 9.71. The summed E-state index contributed by atoms with van der Waals surface area (Å²) in [6.45, 7) is 4.48. The van der Waals surface area contributed by atoms with Crippen molar-refractivity contribution in [2.75, 3.05) is 11.9 Å². The van der Waals surface area contributed by atoms with Gasteiger partial charge in [0.15, 0.2) is 0 Å². The normalized spacial score (nSPS) is 27.3. The van der Waals surface area contributed by atoms with Gasteiger partial charge in [-0.05, 0) is 62.6 Å². The fourth-order valence-electron chi connectivity index (χ4n) is 6.22. The fraction of sp³-hybridized carbons (Fsp3) is 0.643. The van der Waals surface area contributed by atoms with Crippen LogP contribution in [0.5, 0.6) is 0 Å². The third-order valence-electron chi connectivity index (χ3n) is 8.02. The maximum absolute atomic E-state index is 15.1. The minimum Gasteiger partial charge on any atom is -0.374 e. The maximum atomic E-state index is 15.1. The predicted molar refractivity (Wildman–Crippen MR) is 143 cm³/mol. The van der Waals surface area contributed by atoms with Crippen LogP contribution in [-0.4, -0.2) is 59.3 Å². The van der Waals surface area contributed by atoms with Crippen LogP contribution in [0.15, 0.2) is 24.3 Å². The summed E-state index contributed by atoms with van der Waals surface area (Å²) in [6.07, 6.45) is 1.85. The number of nitriles is 1. The van der Waals surface area contributed by atoms with Crippen LogP contribution in [0.2, 0.25) is 5.02 Å². The van der Waals surface area contributed by atoms with E-state index in [-0.39, 0.29) is 24.7 Å². The number of piperidine rings is 3. The number of halogens is 3. The minimum absolute atomic E-state index is 0.0888. The van der Waals surface area contributed by atoms with Gasteiger partial charge >= 0.3 is 0 Å². The van der Waals surface area contributed by atoms with Crippen molar-refractivity contribution in [3.8, 4) is 6.07 Å². The minimum atomic E-state index is -3.11. The Labute approximate surface area is 232 Å². The summed E-state index contributed by atoms with van der Waals surface area (Å²) in [7, 11) is 0. The fourth-order valence-corrected chi connectivity index (χ4v) is 6.41. The van der Waals surface area contributed by atoms with Crippen LogP contribution in [0.1, 0.15) is 58.8 Å². The molecular weight excluding hydrogens is 528 g/mol. The Balaban J connectivity index is 1.58. The highest BCUT2D eigenvalue weighted by atomic mass is 35.5. The molecule has 0 unspecified atom stereocenters. The van der Waals surface area contributed by atoms with Gasteiger partial charge in [-0.2, -0.15) is 5.26 Å². The van der Waals surface area contributed by atoms with Gasteiger partial charge in [0.2, 0.25) is 17.7 Å². The number of nitrogens with zero attached hydrogens (tertiary/aromatic N) is 2. The summed E-state index contributed by atoms with van der Waals surface area (Å²) in [5.74, 6) is -6.18. The van der Waals surface area contributed by atoms with Crippen molar-refractivity contribution in [3.05, 3.63) is 29.3 Å². The molecule has 1 saturated carbocycles. The Morgan fingerprint density at radius 1 is 1.28 bits per heavy atom. The van der Waals surface area contributed by atoms with Gasteiger partial charge in [-0.25, -0.2) is 8.78 Å². The lowest BCUT2D eigenvalue weighted by molar-refractivity contribution is -0.194. The Morgan fingerprint density at radius 2 is 2.05 bits per heavy atom. The largest absolute Gasteiger partial charge is 0.374 e. The van der Waals surface area contributed by atoms with E-state index in [0.717, 1.165) is 6.42 Å². The number of hydrogen-bond donors (Lipinski definition) is 3. The molecule has 3 aliphatic heterocycles. The number of carbonyl (C=O) groups is 3. The summed E-state index contributed by atoms with van der Waals surface area (Å²) in [5, 5.41) is 18.8. The van der Waals surface area contributed by atoms with Crippen LogP contribution < -0.4 is 16.0 Å². The van der Waals surface area contributed by atoms with Crippen LogP contribution in [0.25, 0.3) is 0 Å². The standard InChI is InChI=1S/C28H36ClF2N5O3/c1-16(2)11-23(34-19-7-3-6-18(29)13-19)27(39)36-21-8-9-22(28(30,31)14-21)24(36)26(38)35-20(15-32)12-17-5-4-10-33-25(17)37/h3,6-7,13,16-17,20-24,34H,4-5,8-12,14H2,1-2H3,(H,33,37)(H,35,38)/t17-,20+,21+,22+,23-,24-/m0/s1. The molecule has 6 atom stereocenters. The molecule has 4 fully saturated rings. The summed E-state index contributed by atoms with van der Waals surface area (Å²) in [5.41, 5.74) is 0.616. The highest BCUT2D eigenvalue weighted by molar-refractivity contribution is 6.30. The number of benzene rings is 1. The van der Waals surface area contributed by atoms with Gasteiger partial charge < -0.3 is 20.9 Å². The zero-order valence-electron chi connectivity index (χ0n) is 22.3. The van der Waals surface area contributed by atoms with E-state index in [1.165, 1.54) is 4.90 Å². The molecule has 8 nitrogen and oxygen atoms in total. The number of hydrogen-bond acceptors (Lipinski definition) is 5. The molecule has 212 valence electrons. The monoisotopic (exact) mass is 563 g/mol. The van der Waals surface area contributed by atoms with E-state index in [9.17, 15) is 19.6 Å². The van der Waals surface area contributed by atoms with E-state index < -0.39 is 60.2 Å². The Kier molecular flexibility index (Phi) is 9.00. The van der Waals surface area contributed by atoms with E-state index in [1.807, 2.05) is 19.9 Å². The lowest BCUT2D eigenvalue weighted by Gasteiger charge is -2.54. The highest BCUT2D eigenvalue weighted by Crippen LogP contribution is 2.49. The van der Waals surface area contributed by atoms with Crippen molar-refractivity contribution in [2.24, 2.45) is 17.8 Å². The molecule has 0 radical (unpaired) electrons. The van der Waals surface area contributed by atoms with Crippen molar-refractivity contribution in [1.82, 2.24) is 15.5 Å². The molecule has 1 aromatic rings. The summed E-state index contributed by atoms with van der Waals surface area (Å²) >= 11 is 6.13. The summed E-state index contributed by atoms with van der Waals surface area (Å²) in [4.78, 5) is 41.2. The highest BCUT2D eigenvalue weighted by Gasteiger charge is 2.61. The van der Waals surface area contributed by atoms with E-state index >= 15 is 8.78 Å². The van der Waals surface area contributed by atoms with Crippen LogP contribution in [0, 0.1) is 29.1 Å². The van der Waals surface area contributed by atoms with Crippen LogP contribution >= 0.6 is 11.6 Å². The van der Waals surface area contributed by atoms with Crippen molar-refractivity contribution in [2.45, 2.75) is 88.9 Å². The summed E-state index contributed by atoms with van der Waals surface area (Å²) in [6, 6.07) is 4.91. The Hall–Kier alpha value is -2.93. The SMILES string of the molecule is CC(C)C[C@H](Nc1cccc(Cl)c1)C(=O)N1[C@@H]2CC[C@H]([C@H]1C(=O)N[C@@H](C#N)C[C@@H]1CCCNC1=O)C(F)(F)C2. The third kappa shape index (κ3) is 6.63. The molecule has 39 heavy (non-hydrogen) atoms. The maximum Gasteiger partial charge on any atom is 0.255 e. The van der Waals surface area contributed by atoms with Crippen LogP contribution in [0.4, 0.5) is 14.5 Å². The average molecular weight is 564 g/mol. The Bertz CT molecular complexity index is 1130. The number of amides is 3. The molecule has 3 saturated heterocycles. The molecule has 1 aromatic carbocycles. The van der Waals surface area contributed by atoms with Gasteiger partial charge in [0.1, 0.15) is 18.1 Å². The first-order valence-electron chi connectivity index (χ1n) is 13.7. The van der Waals surface area contributed by atoms with Crippen molar-refractivity contribution in [3.63, 3.8) is 0 Å². The quantitative estimate of drug-likeness (QED) is 0.418. The molecule has 2 bridgehead atoms. The molecule has 3 amide bonds. The van der Waals surface area contributed by atoms with Crippen molar-refractivity contribution >= 4 is 35.0 Å². The molecule has 3 N–H and O–H groups in total. The number of carbonyl (C=O) groups excluding carboxylic acids is 3. The van der Waals surface area contributed by atoms with E-state index in [0.29, 0.717) is 36.5 Å². The molecule has 3 heterocycles. The zero-order valence-corrected chi connectivity index (χ0v) is 23.0. The van der Waals surface area contributed by atoms with Gasteiger partial charge in [-0.3, -0.25) is 14.4 Å². The van der Waals surface area contributed by atoms with Gasteiger partial charge in [-0.1, -0.05) is 31.5 Å². The van der Waals surface area contributed by atoms with Gasteiger partial charge in [-0.15, -0.1) is 0 Å². The van der Waals surface area contributed by atoms with Gasteiger partial charge in [0.05, 0.1) is 12.0 Å². The molecule has 5 rings (SSSR count). The van der Waals surface area contributed by atoms with Crippen molar-refractivity contribution < 1.29 is 23.2 Å². The second kappa shape index (κ2) is 12.1. The first-order valence-corrected chi connectivity index (χ1v) is 14.1. The molecular formula is C28H36ClF2N5O3. The first-order chi connectivity index (χ1) is 18.5. The topological polar surface area (TPSA) is 114 Å². The van der Waals surface area contributed by atoms with Crippen molar-refractivity contribution in [1.29, 1.82) is 5.26 Å². The number of anilines is 1. The molecule has 0 aromatic heterocycles.